The SMILES string of the molecule is C[C@H]1S[C@@H](c2ccc(Cl)c(Cl)c2)N(CC[NH+]2CCCC2)C1=O. The number of carbonyl (C=O) groups is 1. The number of thioether (sulfide) groups is 1. The van der Waals surface area contributed by atoms with E-state index < -0.39 is 0 Å². The Morgan fingerprint density at radius 1 is 1.27 bits per heavy atom. The van der Waals surface area contributed by atoms with Gasteiger partial charge in [0, 0.05) is 12.8 Å². The van der Waals surface area contributed by atoms with Crippen LogP contribution in [0.1, 0.15) is 30.7 Å². The van der Waals surface area contributed by atoms with Crippen LogP contribution in [0.5, 0.6) is 0 Å². The molecule has 1 aromatic carbocycles. The van der Waals surface area contributed by atoms with Crippen molar-refractivity contribution in [3.63, 3.8) is 0 Å². The highest BCUT2D eigenvalue weighted by Gasteiger charge is 2.39. The molecule has 0 bridgehead atoms. The summed E-state index contributed by atoms with van der Waals surface area (Å²) in [5, 5.41) is 1.17. The minimum Gasteiger partial charge on any atom is -0.333 e. The summed E-state index contributed by atoms with van der Waals surface area (Å²) in [6, 6.07) is 5.69. The highest BCUT2D eigenvalue weighted by molar-refractivity contribution is 8.01. The molecule has 3 rings (SSSR count). The first-order valence-corrected chi connectivity index (χ1v) is 9.50. The van der Waals surface area contributed by atoms with Gasteiger partial charge in [-0.15, -0.1) is 11.8 Å². The third-order valence-corrected chi connectivity index (χ3v) is 6.63. The Morgan fingerprint density at radius 3 is 2.68 bits per heavy atom. The molecule has 2 atom stereocenters. The number of halogens is 2. The second kappa shape index (κ2) is 7.00. The quantitative estimate of drug-likeness (QED) is 0.893. The van der Waals surface area contributed by atoms with E-state index in [0.717, 1.165) is 18.7 Å². The molecule has 0 radical (unpaired) electrons. The number of rotatable bonds is 4. The van der Waals surface area contributed by atoms with E-state index in [1.54, 1.807) is 16.7 Å². The van der Waals surface area contributed by atoms with Crippen LogP contribution < -0.4 is 4.90 Å². The summed E-state index contributed by atoms with van der Waals surface area (Å²) in [6.45, 7) is 6.32. The van der Waals surface area contributed by atoms with Gasteiger partial charge >= 0.3 is 0 Å². The zero-order valence-electron chi connectivity index (χ0n) is 12.6. The Balaban J connectivity index is 1.75. The molecule has 120 valence electrons. The first kappa shape index (κ1) is 16.4. The number of quaternary nitrogens is 1. The van der Waals surface area contributed by atoms with Crippen LogP contribution in [-0.2, 0) is 4.79 Å². The van der Waals surface area contributed by atoms with Gasteiger partial charge in [0.25, 0.3) is 0 Å². The average Bonchev–Trinajstić information content (AvgIpc) is 3.10. The number of hydrogen-bond acceptors (Lipinski definition) is 2. The van der Waals surface area contributed by atoms with Gasteiger partial charge in [0.05, 0.1) is 41.5 Å². The van der Waals surface area contributed by atoms with Crippen LogP contribution in [0, 0.1) is 0 Å². The maximum Gasteiger partial charge on any atom is 0.236 e. The molecule has 2 fully saturated rings. The van der Waals surface area contributed by atoms with Crippen LogP contribution >= 0.6 is 35.0 Å². The van der Waals surface area contributed by atoms with Crippen molar-refractivity contribution >= 4 is 40.9 Å². The predicted molar refractivity (Wildman–Crippen MR) is 92.8 cm³/mol. The topological polar surface area (TPSA) is 24.8 Å². The van der Waals surface area contributed by atoms with Crippen molar-refractivity contribution in [3.05, 3.63) is 33.8 Å². The van der Waals surface area contributed by atoms with E-state index in [2.05, 4.69) is 0 Å². The third-order valence-electron chi connectivity index (χ3n) is 4.49. The number of amides is 1. The molecule has 22 heavy (non-hydrogen) atoms. The lowest BCUT2D eigenvalue weighted by Crippen LogP contribution is -3.10. The highest BCUT2D eigenvalue weighted by atomic mass is 35.5. The number of nitrogens with one attached hydrogen (secondary N) is 1. The van der Waals surface area contributed by atoms with Crippen molar-refractivity contribution in [3.8, 4) is 0 Å². The Kier molecular flexibility index (Phi) is 5.23. The maximum atomic E-state index is 12.5. The van der Waals surface area contributed by atoms with Crippen LogP contribution in [0.15, 0.2) is 18.2 Å². The number of benzene rings is 1. The Bertz CT molecular complexity index is 563. The van der Waals surface area contributed by atoms with Crippen LogP contribution in [0.4, 0.5) is 0 Å². The predicted octanol–water partition coefficient (Wildman–Crippen LogP) is 2.63. The fourth-order valence-electron chi connectivity index (χ4n) is 3.23. The van der Waals surface area contributed by atoms with Crippen LogP contribution in [0.25, 0.3) is 0 Å². The second-order valence-corrected chi connectivity index (χ2v) is 8.28. The van der Waals surface area contributed by atoms with Crippen molar-refractivity contribution in [1.82, 2.24) is 4.90 Å². The zero-order chi connectivity index (χ0) is 15.7. The molecule has 6 heteroatoms. The van der Waals surface area contributed by atoms with E-state index in [4.69, 9.17) is 23.2 Å². The van der Waals surface area contributed by atoms with Crippen molar-refractivity contribution in [2.45, 2.75) is 30.4 Å². The first-order valence-electron chi connectivity index (χ1n) is 7.80. The van der Waals surface area contributed by atoms with E-state index in [-0.39, 0.29) is 16.5 Å². The molecule has 0 saturated carbocycles. The van der Waals surface area contributed by atoms with Crippen LogP contribution in [-0.4, -0.2) is 42.2 Å². The van der Waals surface area contributed by atoms with Crippen LogP contribution in [0.3, 0.4) is 0 Å². The first-order chi connectivity index (χ1) is 10.6. The molecule has 0 unspecified atom stereocenters. The Hall–Kier alpha value is -0.420. The normalized spacial score (nSPS) is 26.1. The maximum absolute atomic E-state index is 12.5. The van der Waals surface area contributed by atoms with Gasteiger partial charge in [0.2, 0.25) is 5.91 Å². The van der Waals surface area contributed by atoms with E-state index >= 15 is 0 Å². The van der Waals surface area contributed by atoms with Gasteiger partial charge in [0.15, 0.2) is 0 Å². The molecule has 2 aliphatic heterocycles. The van der Waals surface area contributed by atoms with Gasteiger partial charge in [-0.1, -0.05) is 29.3 Å². The molecule has 0 aliphatic carbocycles. The number of hydrogen-bond donors (Lipinski definition) is 1. The highest BCUT2D eigenvalue weighted by Crippen LogP contribution is 2.43. The van der Waals surface area contributed by atoms with Gasteiger partial charge in [0.1, 0.15) is 5.37 Å². The van der Waals surface area contributed by atoms with Gasteiger partial charge in [-0.05, 0) is 24.6 Å². The fraction of sp³-hybridized carbons (Fsp3) is 0.562. The van der Waals surface area contributed by atoms with Gasteiger partial charge < -0.3 is 9.80 Å². The minimum absolute atomic E-state index is 0.00744. The van der Waals surface area contributed by atoms with E-state index in [1.807, 2.05) is 30.0 Å². The molecular weight excluding hydrogens is 339 g/mol. The number of nitrogens with zero attached hydrogens (tertiary/aromatic N) is 1. The summed E-state index contributed by atoms with van der Waals surface area (Å²) >= 11 is 13.8. The summed E-state index contributed by atoms with van der Waals surface area (Å²) in [4.78, 5) is 16.1. The lowest BCUT2D eigenvalue weighted by molar-refractivity contribution is -0.886. The molecule has 0 aromatic heterocycles. The number of carbonyl (C=O) groups excluding carboxylic acids is 1. The number of likely N-dealkylation sites (tertiary alicyclic amines) is 1. The summed E-state index contributed by atoms with van der Waals surface area (Å²) in [7, 11) is 0. The molecule has 1 aromatic rings. The minimum atomic E-state index is 0.00744. The van der Waals surface area contributed by atoms with E-state index in [0.29, 0.717) is 10.0 Å². The molecule has 3 nitrogen and oxygen atoms in total. The smallest absolute Gasteiger partial charge is 0.236 e. The van der Waals surface area contributed by atoms with Crippen molar-refractivity contribution < 1.29 is 9.69 Å². The standard InChI is InChI=1S/C16H20Cl2N2OS/c1-11-15(21)20(9-8-19-6-2-3-7-19)16(22-11)12-4-5-13(17)14(18)10-12/h4-5,10-11,16H,2-3,6-9H2,1H3/p+1/t11-,16+/m1/s1. The van der Waals surface area contributed by atoms with Gasteiger partial charge in [-0.25, -0.2) is 0 Å². The second-order valence-electron chi connectivity index (χ2n) is 6.04. The summed E-state index contributed by atoms with van der Waals surface area (Å²) in [5.74, 6) is 0.236. The van der Waals surface area contributed by atoms with Gasteiger partial charge in [-0.3, -0.25) is 4.79 Å². The third kappa shape index (κ3) is 3.40. The lowest BCUT2D eigenvalue weighted by atomic mass is 10.2. The molecular formula is C16H21Cl2N2OS+. The summed E-state index contributed by atoms with van der Waals surface area (Å²) in [5.41, 5.74) is 1.06. The lowest BCUT2D eigenvalue weighted by Gasteiger charge is -2.25. The molecule has 2 heterocycles. The molecule has 1 amide bonds. The Morgan fingerprint density at radius 2 is 2.00 bits per heavy atom. The summed E-state index contributed by atoms with van der Waals surface area (Å²) < 4.78 is 0. The molecule has 2 aliphatic rings. The van der Waals surface area contributed by atoms with Crippen molar-refractivity contribution in [2.24, 2.45) is 0 Å². The van der Waals surface area contributed by atoms with Crippen molar-refractivity contribution in [1.29, 1.82) is 0 Å². The largest absolute Gasteiger partial charge is 0.333 e. The monoisotopic (exact) mass is 359 g/mol. The van der Waals surface area contributed by atoms with Crippen molar-refractivity contribution in [2.75, 3.05) is 26.2 Å². The average molecular weight is 360 g/mol. The Labute approximate surface area is 145 Å². The molecule has 2 saturated heterocycles. The zero-order valence-corrected chi connectivity index (χ0v) is 15.0. The van der Waals surface area contributed by atoms with E-state index in [1.165, 1.54) is 25.9 Å². The molecule has 1 N–H and O–H groups in total. The molecule has 0 spiro atoms. The van der Waals surface area contributed by atoms with Crippen LogP contribution in [0.2, 0.25) is 10.0 Å². The fourth-order valence-corrected chi connectivity index (χ4v) is 4.83. The van der Waals surface area contributed by atoms with Gasteiger partial charge in [-0.2, -0.15) is 0 Å². The van der Waals surface area contributed by atoms with E-state index in [9.17, 15) is 4.79 Å². The summed E-state index contributed by atoms with van der Waals surface area (Å²) in [6.07, 6.45) is 2.62.